The maximum absolute atomic E-state index is 12.2. The largest absolute Gasteiger partial charge is 0.377 e. The van der Waals surface area contributed by atoms with Crippen molar-refractivity contribution in [1.29, 1.82) is 0 Å². The molecule has 0 heterocycles. The van der Waals surface area contributed by atoms with Crippen LogP contribution in [0.1, 0.15) is 97.5 Å². The molecule has 4 nitrogen and oxygen atoms in total. The van der Waals surface area contributed by atoms with Crippen molar-refractivity contribution < 1.29 is 14.3 Å². The van der Waals surface area contributed by atoms with E-state index in [0.29, 0.717) is 12.3 Å². The Kier molecular flexibility index (Phi) is 11.6. The van der Waals surface area contributed by atoms with E-state index in [1.807, 2.05) is 25.1 Å². The number of hydrogen-bond acceptors (Lipinski definition) is 4. The van der Waals surface area contributed by atoms with Crippen LogP contribution in [0.5, 0.6) is 0 Å². The number of aliphatic imine (C=N–C) groups is 1. The van der Waals surface area contributed by atoms with E-state index in [1.54, 1.807) is 14.0 Å². The maximum Gasteiger partial charge on any atom is 0.159 e. The number of ether oxygens (including phenoxy) is 1. The summed E-state index contributed by atoms with van der Waals surface area (Å²) in [5.74, 6) is 1.45. The van der Waals surface area contributed by atoms with E-state index in [9.17, 15) is 9.59 Å². The van der Waals surface area contributed by atoms with Crippen molar-refractivity contribution in [3.05, 3.63) is 52.6 Å². The molecule has 0 amide bonds. The monoisotopic (exact) mass is 465 g/mol. The lowest BCUT2D eigenvalue weighted by Crippen LogP contribution is -2.07. The normalized spacial score (nSPS) is 16.3. The van der Waals surface area contributed by atoms with Crippen LogP contribution in [-0.4, -0.2) is 31.0 Å². The fourth-order valence-electron chi connectivity index (χ4n) is 4.40. The van der Waals surface area contributed by atoms with Gasteiger partial charge in [-0.1, -0.05) is 43.5 Å². The van der Waals surface area contributed by atoms with Crippen LogP contribution in [0, 0.1) is 5.92 Å². The van der Waals surface area contributed by atoms with E-state index in [-0.39, 0.29) is 18.2 Å². The second kappa shape index (κ2) is 14.2. The van der Waals surface area contributed by atoms with Crippen LogP contribution in [0.4, 0.5) is 5.69 Å². The van der Waals surface area contributed by atoms with E-state index in [2.05, 4.69) is 32.9 Å². The molecule has 0 bridgehead atoms. The van der Waals surface area contributed by atoms with Gasteiger partial charge in [-0.15, -0.1) is 0 Å². The van der Waals surface area contributed by atoms with Crippen LogP contribution < -0.4 is 0 Å². The zero-order valence-electron chi connectivity index (χ0n) is 22.1. The molecule has 1 aliphatic carbocycles. The molecule has 0 aliphatic heterocycles. The van der Waals surface area contributed by atoms with Gasteiger partial charge in [0, 0.05) is 24.8 Å². The highest BCUT2D eigenvalue weighted by molar-refractivity contribution is 5.97. The van der Waals surface area contributed by atoms with Crippen molar-refractivity contribution in [2.24, 2.45) is 10.9 Å². The number of allylic oxidation sites excluding steroid dienone is 4. The molecule has 1 fully saturated rings. The van der Waals surface area contributed by atoms with Gasteiger partial charge in [0.05, 0.1) is 5.69 Å². The molecule has 0 saturated heterocycles. The van der Waals surface area contributed by atoms with Crippen LogP contribution in [0.2, 0.25) is 0 Å². The number of carbonyl (C=O) groups excluding carboxylic acids is 2. The minimum absolute atomic E-state index is 0.144. The summed E-state index contributed by atoms with van der Waals surface area (Å²) < 4.78 is 4.93. The van der Waals surface area contributed by atoms with E-state index in [1.165, 1.54) is 36.0 Å². The Bertz CT molecular complexity index is 934. The van der Waals surface area contributed by atoms with Crippen molar-refractivity contribution in [2.45, 2.75) is 91.9 Å². The topological polar surface area (TPSA) is 55.7 Å². The van der Waals surface area contributed by atoms with Gasteiger partial charge >= 0.3 is 0 Å². The molecule has 1 aromatic rings. The first-order chi connectivity index (χ1) is 16.2. The number of benzene rings is 1. The smallest absolute Gasteiger partial charge is 0.159 e. The summed E-state index contributed by atoms with van der Waals surface area (Å²) in [7, 11) is 1.56. The predicted molar refractivity (Wildman–Crippen MR) is 142 cm³/mol. The minimum Gasteiger partial charge on any atom is -0.377 e. The van der Waals surface area contributed by atoms with E-state index in [4.69, 9.17) is 9.73 Å². The Morgan fingerprint density at radius 3 is 2.47 bits per heavy atom. The molecule has 0 radical (unpaired) electrons. The summed E-state index contributed by atoms with van der Waals surface area (Å²) in [6.07, 6.45) is 9.97. The number of methoxy groups -OCH3 is 1. The molecular weight excluding hydrogens is 422 g/mol. The molecule has 1 unspecified atom stereocenters. The summed E-state index contributed by atoms with van der Waals surface area (Å²) in [5, 5.41) is 0. The van der Waals surface area contributed by atoms with Gasteiger partial charge in [0.25, 0.3) is 0 Å². The fourth-order valence-corrected chi connectivity index (χ4v) is 4.40. The molecule has 186 valence electrons. The number of ketones is 2. The van der Waals surface area contributed by atoms with Crippen molar-refractivity contribution in [1.82, 2.24) is 0 Å². The summed E-state index contributed by atoms with van der Waals surface area (Å²) in [4.78, 5) is 28.8. The van der Waals surface area contributed by atoms with Gasteiger partial charge in [-0.3, -0.25) is 14.6 Å². The summed E-state index contributed by atoms with van der Waals surface area (Å²) in [6, 6.07) is 8.32. The van der Waals surface area contributed by atoms with Crippen LogP contribution in [0.3, 0.4) is 0 Å². The molecule has 1 aromatic carbocycles. The lowest BCUT2D eigenvalue weighted by atomic mass is 9.90. The number of hydrogen-bond donors (Lipinski definition) is 0. The van der Waals surface area contributed by atoms with Crippen molar-refractivity contribution >= 4 is 23.0 Å². The zero-order valence-corrected chi connectivity index (χ0v) is 22.1. The Balaban J connectivity index is 2.04. The Morgan fingerprint density at radius 2 is 1.85 bits per heavy atom. The second-order valence-electron chi connectivity index (χ2n) is 9.85. The molecule has 1 atom stereocenters. The van der Waals surface area contributed by atoms with Gasteiger partial charge in [0.1, 0.15) is 6.61 Å². The SMILES string of the molecule is C/C=C(/C(C)=O)C(CCC1CC1)=C(C)CCC(C)=Nc1cccc(C(C)CCC(=O)COC)c1. The highest BCUT2D eigenvalue weighted by atomic mass is 16.5. The van der Waals surface area contributed by atoms with Gasteiger partial charge in [0.2, 0.25) is 0 Å². The second-order valence-corrected chi connectivity index (χ2v) is 9.85. The van der Waals surface area contributed by atoms with Crippen molar-refractivity contribution in [3.63, 3.8) is 0 Å². The van der Waals surface area contributed by atoms with E-state index >= 15 is 0 Å². The Morgan fingerprint density at radius 1 is 1.12 bits per heavy atom. The third kappa shape index (κ3) is 9.50. The molecule has 0 N–H and O–H groups in total. The van der Waals surface area contributed by atoms with Crippen LogP contribution in [0.15, 0.2) is 52.1 Å². The van der Waals surface area contributed by atoms with Gasteiger partial charge in [-0.2, -0.15) is 0 Å². The summed E-state index contributed by atoms with van der Waals surface area (Å²) in [6.45, 7) is 10.2. The van der Waals surface area contributed by atoms with Crippen LogP contribution in [-0.2, 0) is 14.3 Å². The molecule has 2 rings (SSSR count). The van der Waals surface area contributed by atoms with E-state index in [0.717, 1.165) is 48.6 Å². The minimum atomic E-state index is 0.144. The predicted octanol–water partition coefficient (Wildman–Crippen LogP) is 7.70. The Labute approximate surface area is 206 Å². The number of rotatable bonds is 15. The highest BCUT2D eigenvalue weighted by Gasteiger charge is 2.23. The first-order valence-corrected chi connectivity index (χ1v) is 12.8. The zero-order chi connectivity index (χ0) is 25.1. The first kappa shape index (κ1) is 27.9. The standard InChI is InChI=1S/C30H43NO3/c1-7-29(24(5)32)30(18-16-25-14-15-25)22(3)11-13-23(4)31-27-10-8-9-26(19-27)21(2)12-17-28(33)20-34-6/h7-10,19,21,25H,11-18,20H2,1-6H3/b29-7-,30-22?,31-23?. The summed E-state index contributed by atoms with van der Waals surface area (Å²) >= 11 is 0. The third-order valence-corrected chi connectivity index (χ3v) is 6.79. The molecule has 4 heteroatoms. The molecular formula is C30H43NO3. The van der Waals surface area contributed by atoms with Gasteiger partial charge in [-0.05, 0) is 94.9 Å². The molecule has 1 saturated carbocycles. The van der Waals surface area contributed by atoms with Gasteiger partial charge in [-0.25, -0.2) is 0 Å². The third-order valence-electron chi connectivity index (χ3n) is 6.79. The lowest BCUT2D eigenvalue weighted by molar-refractivity contribution is -0.122. The summed E-state index contributed by atoms with van der Waals surface area (Å²) in [5.41, 5.74) is 6.69. The quantitative estimate of drug-likeness (QED) is 0.151. The first-order valence-electron chi connectivity index (χ1n) is 12.8. The van der Waals surface area contributed by atoms with Crippen molar-refractivity contribution in [2.75, 3.05) is 13.7 Å². The molecule has 34 heavy (non-hydrogen) atoms. The van der Waals surface area contributed by atoms with E-state index < -0.39 is 0 Å². The molecule has 0 spiro atoms. The van der Waals surface area contributed by atoms with Crippen molar-refractivity contribution in [3.8, 4) is 0 Å². The van der Waals surface area contributed by atoms with Gasteiger partial charge in [0.15, 0.2) is 11.6 Å². The number of nitrogens with zero attached hydrogens (tertiary/aromatic N) is 1. The maximum atomic E-state index is 12.2. The fraction of sp³-hybridized carbons (Fsp3) is 0.567. The van der Waals surface area contributed by atoms with Gasteiger partial charge < -0.3 is 4.74 Å². The molecule has 1 aliphatic rings. The van der Waals surface area contributed by atoms with Crippen LogP contribution in [0.25, 0.3) is 0 Å². The average molecular weight is 466 g/mol. The van der Waals surface area contributed by atoms with Crippen LogP contribution >= 0.6 is 0 Å². The molecule has 0 aromatic heterocycles. The number of carbonyl (C=O) groups is 2. The Hall–Kier alpha value is -2.33. The average Bonchev–Trinajstić information content (AvgIpc) is 3.63. The lowest BCUT2D eigenvalue weighted by Gasteiger charge is -2.15. The highest BCUT2D eigenvalue weighted by Crippen LogP contribution is 2.37. The number of Topliss-reactive ketones (excluding diaryl/α,β-unsaturated/α-hetero) is 2.